The molecule has 0 fully saturated rings. The van der Waals surface area contributed by atoms with Gasteiger partial charge in [0, 0.05) is 16.2 Å². The lowest BCUT2D eigenvalue weighted by Crippen LogP contribution is -1.92. The summed E-state index contributed by atoms with van der Waals surface area (Å²) in [6.45, 7) is 3.92. The Morgan fingerprint density at radius 1 is 1.24 bits per heavy atom. The Hall–Kier alpha value is -1.06. The second kappa shape index (κ2) is 5.07. The monoisotopic (exact) mass is 311 g/mol. The van der Waals surface area contributed by atoms with Crippen LogP contribution in [0, 0.1) is 13.8 Å². The zero-order chi connectivity index (χ0) is 12.4. The molecule has 1 heterocycles. The van der Waals surface area contributed by atoms with Crippen molar-refractivity contribution in [3.63, 3.8) is 0 Å². The smallest absolute Gasteiger partial charge is 0.222 e. The SMILES string of the molecule is Cc1ccc(Oc2ncc(Br)cc2C)c(Cl)c1. The largest absolute Gasteiger partial charge is 0.437 e. The van der Waals surface area contributed by atoms with Crippen molar-refractivity contribution in [1.29, 1.82) is 0 Å². The van der Waals surface area contributed by atoms with Crippen LogP contribution in [0.2, 0.25) is 5.02 Å². The third-order valence-electron chi connectivity index (χ3n) is 2.29. The van der Waals surface area contributed by atoms with Crippen molar-refractivity contribution in [3.05, 3.63) is 51.1 Å². The summed E-state index contributed by atoms with van der Waals surface area (Å²) in [6.07, 6.45) is 1.70. The average Bonchev–Trinajstić information content (AvgIpc) is 2.25. The van der Waals surface area contributed by atoms with Gasteiger partial charge >= 0.3 is 0 Å². The van der Waals surface area contributed by atoms with Gasteiger partial charge in [-0.25, -0.2) is 4.98 Å². The van der Waals surface area contributed by atoms with Crippen LogP contribution in [0.25, 0.3) is 0 Å². The molecule has 0 bridgehead atoms. The van der Waals surface area contributed by atoms with Crippen molar-refractivity contribution in [2.75, 3.05) is 0 Å². The fraction of sp³-hybridized carbons (Fsp3) is 0.154. The topological polar surface area (TPSA) is 22.1 Å². The number of hydrogen-bond donors (Lipinski definition) is 0. The van der Waals surface area contributed by atoms with Gasteiger partial charge in [0.2, 0.25) is 5.88 Å². The van der Waals surface area contributed by atoms with Crippen LogP contribution in [-0.2, 0) is 0 Å². The highest BCUT2D eigenvalue weighted by Gasteiger charge is 2.07. The number of pyridine rings is 1. The maximum absolute atomic E-state index is 6.10. The molecule has 17 heavy (non-hydrogen) atoms. The minimum absolute atomic E-state index is 0.568. The third-order valence-corrected chi connectivity index (χ3v) is 3.02. The molecule has 4 heteroatoms. The Balaban J connectivity index is 2.31. The fourth-order valence-corrected chi connectivity index (χ4v) is 2.15. The van der Waals surface area contributed by atoms with E-state index in [2.05, 4.69) is 20.9 Å². The van der Waals surface area contributed by atoms with E-state index in [-0.39, 0.29) is 0 Å². The molecule has 88 valence electrons. The molecule has 2 rings (SSSR count). The van der Waals surface area contributed by atoms with Gasteiger partial charge in [-0.05, 0) is 53.5 Å². The number of nitrogens with zero attached hydrogens (tertiary/aromatic N) is 1. The molecular weight excluding hydrogens is 302 g/mol. The van der Waals surface area contributed by atoms with Crippen LogP contribution in [0.1, 0.15) is 11.1 Å². The Kier molecular flexibility index (Phi) is 3.69. The van der Waals surface area contributed by atoms with Crippen molar-refractivity contribution < 1.29 is 4.74 Å². The lowest BCUT2D eigenvalue weighted by molar-refractivity contribution is 0.459. The second-order valence-corrected chi connectivity index (χ2v) is 5.13. The summed E-state index contributed by atoms with van der Waals surface area (Å²) in [6, 6.07) is 7.62. The van der Waals surface area contributed by atoms with Gasteiger partial charge in [-0.2, -0.15) is 0 Å². The van der Waals surface area contributed by atoms with Crippen molar-refractivity contribution in [2.24, 2.45) is 0 Å². The summed E-state index contributed by atoms with van der Waals surface area (Å²) < 4.78 is 6.61. The van der Waals surface area contributed by atoms with Crippen molar-refractivity contribution in [1.82, 2.24) is 4.98 Å². The van der Waals surface area contributed by atoms with Crippen LogP contribution in [0.4, 0.5) is 0 Å². The number of halogens is 2. The predicted octanol–water partition coefficient (Wildman–Crippen LogP) is 4.91. The summed E-state index contributed by atoms with van der Waals surface area (Å²) in [4.78, 5) is 4.21. The molecule has 0 radical (unpaired) electrons. The number of aryl methyl sites for hydroxylation is 2. The molecule has 0 aliphatic carbocycles. The highest BCUT2D eigenvalue weighted by Crippen LogP contribution is 2.31. The Bertz CT molecular complexity index is 508. The van der Waals surface area contributed by atoms with Crippen LogP contribution in [0.15, 0.2) is 34.9 Å². The normalized spacial score (nSPS) is 10.4. The molecule has 0 spiro atoms. The Morgan fingerprint density at radius 2 is 2.00 bits per heavy atom. The van der Waals surface area contributed by atoms with Crippen molar-refractivity contribution >= 4 is 27.5 Å². The van der Waals surface area contributed by atoms with E-state index in [1.165, 1.54) is 0 Å². The molecule has 0 N–H and O–H groups in total. The minimum Gasteiger partial charge on any atom is -0.437 e. The average molecular weight is 313 g/mol. The van der Waals surface area contributed by atoms with Gasteiger partial charge in [-0.15, -0.1) is 0 Å². The first-order valence-electron chi connectivity index (χ1n) is 5.12. The summed E-state index contributed by atoms with van der Waals surface area (Å²) in [7, 11) is 0. The van der Waals surface area contributed by atoms with E-state index in [4.69, 9.17) is 16.3 Å². The molecule has 2 aromatic rings. The number of rotatable bonds is 2. The molecule has 0 atom stereocenters. The van der Waals surface area contributed by atoms with Gasteiger partial charge in [0.05, 0.1) is 5.02 Å². The molecule has 1 aromatic carbocycles. The zero-order valence-electron chi connectivity index (χ0n) is 9.50. The number of aromatic nitrogens is 1. The van der Waals surface area contributed by atoms with E-state index in [1.807, 2.05) is 38.1 Å². The number of ether oxygens (including phenoxy) is 1. The molecular formula is C13H11BrClNO. The van der Waals surface area contributed by atoms with Crippen LogP contribution in [-0.4, -0.2) is 4.98 Å². The minimum atomic E-state index is 0.568. The van der Waals surface area contributed by atoms with E-state index in [0.717, 1.165) is 15.6 Å². The van der Waals surface area contributed by atoms with Crippen LogP contribution in [0.5, 0.6) is 11.6 Å². The van der Waals surface area contributed by atoms with Gasteiger partial charge in [0.1, 0.15) is 5.75 Å². The summed E-state index contributed by atoms with van der Waals surface area (Å²) in [5.41, 5.74) is 2.05. The lowest BCUT2D eigenvalue weighted by atomic mass is 10.2. The Labute approximate surface area is 114 Å². The highest BCUT2D eigenvalue weighted by molar-refractivity contribution is 9.10. The quantitative estimate of drug-likeness (QED) is 0.786. The van der Waals surface area contributed by atoms with E-state index in [1.54, 1.807) is 6.20 Å². The second-order valence-electron chi connectivity index (χ2n) is 3.81. The summed E-state index contributed by atoms with van der Waals surface area (Å²) in [5, 5.41) is 0.592. The van der Waals surface area contributed by atoms with Gasteiger partial charge in [0.15, 0.2) is 0 Å². The van der Waals surface area contributed by atoms with Gasteiger partial charge < -0.3 is 4.74 Å². The molecule has 0 saturated heterocycles. The molecule has 1 aromatic heterocycles. The summed E-state index contributed by atoms with van der Waals surface area (Å²) in [5.74, 6) is 1.19. The standard InChI is InChI=1S/C13H11BrClNO/c1-8-3-4-12(11(15)5-8)17-13-9(2)6-10(14)7-16-13/h3-7H,1-2H3. The maximum Gasteiger partial charge on any atom is 0.222 e. The molecule has 0 unspecified atom stereocenters. The first-order chi connectivity index (χ1) is 8.06. The van der Waals surface area contributed by atoms with Crippen molar-refractivity contribution in [3.8, 4) is 11.6 Å². The Morgan fingerprint density at radius 3 is 2.65 bits per heavy atom. The molecule has 0 aliphatic heterocycles. The van der Waals surface area contributed by atoms with Crippen LogP contribution < -0.4 is 4.74 Å². The number of hydrogen-bond acceptors (Lipinski definition) is 2. The van der Waals surface area contributed by atoms with Gasteiger partial charge in [-0.3, -0.25) is 0 Å². The lowest BCUT2D eigenvalue weighted by Gasteiger charge is -2.09. The van der Waals surface area contributed by atoms with E-state index < -0.39 is 0 Å². The van der Waals surface area contributed by atoms with Crippen LogP contribution in [0.3, 0.4) is 0 Å². The summed E-state index contributed by atoms with van der Waals surface area (Å²) >= 11 is 9.46. The van der Waals surface area contributed by atoms with Crippen molar-refractivity contribution in [2.45, 2.75) is 13.8 Å². The van der Waals surface area contributed by atoms with Gasteiger partial charge in [0.25, 0.3) is 0 Å². The van der Waals surface area contributed by atoms with E-state index >= 15 is 0 Å². The third kappa shape index (κ3) is 2.99. The van der Waals surface area contributed by atoms with Gasteiger partial charge in [-0.1, -0.05) is 17.7 Å². The number of benzene rings is 1. The fourth-order valence-electron chi connectivity index (χ4n) is 1.43. The van der Waals surface area contributed by atoms with E-state index in [9.17, 15) is 0 Å². The molecule has 0 aliphatic rings. The molecule has 2 nitrogen and oxygen atoms in total. The molecule has 0 saturated carbocycles. The first-order valence-corrected chi connectivity index (χ1v) is 6.29. The highest BCUT2D eigenvalue weighted by atomic mass is 79.9. The van der Waals surface area contributed by atoms with Crippen LogP contribution >= 0.6 is 27.5 Å². The maximum atomic E-state index is 6.10. The molecule has 0 amide bonds. The zero-order valence-corrected chi connectivity index (χ0v) is 11.8. The first kappa shape index (κ1) is 12.4. The predicted molar refractivity (Wildman–Crippen MR) is 72.9 cm³/mol. The van der Waals surface area contributed by atoms with E-state index in [0.29, 0.717) is 16.7 Å².